The van der Waals surface area contributed by atoms with E-state index in [1.807, 2.05) is 10.8 Å². The zero-order valence-corrected chi connectivity index (χ0v) is 12.1. The molecule has 1 atom stereocenters. The first kappa shape index (κ1) is 14.4. The van der Waals surface area contributed by atoms with Gasteiger partial charge >= 0.3 is 6.03 Å². The SMILES string of the molecule is CNC(=O)NC(C)(C)C(=O)N[C@H]1CCc2nccn2C1. The highest BCUT2D eigenvalue weighted by molar-refractivity contribution is 5.90. The summed E-state index contributed by atoms with van der Waals surface area (Å²) in [5.74, 6) is 0.868. The molecule has 0 radical (unpaired) electrons. The molecule has 1 aliphatic rings. The molecule has 0 fully saturated rings. The Morgan fingerprint density at radius 1 is 1.45 bits per heavy atom. The minimum atomic E-state index is -0.949. The Balaban J connectivity index is 1.93. The highest BCUT2D eigenvalue weighted by Gasteiger charge is 2.31. The van der Waals surface area contributed by atoms with E-state index in [0.29, 0.717) is 0 Å². The van der Waals surface area contributed by atoms with E-state index in [4.69, 9.17) is 0 Å². The molecule has 0 saturated carbocycles. The molecule has 20 heavy (non-hydrogen) atoms. The van der Waals surface area contributed by atoms with Crippen molar-refractivity contribution < 1.29 is 9.59 Å². The second-order valence-corrected chi connectivity index (χ2v) is 5.53. The standard InChI is InChI=1S/C13H21N5O2/c1-13(2,17-12(20)14-3)11(19)16-9-4-5-10-15-6-7-18(10)8-9/h6-7,9H,4-5,8H2,1-3H3,(H,16,19)(H2,14,17,20)/t9-/m0/s1. The number of nitrogens with zero attached hydrogens (tertiary/aromatic N) is 2. The molecule has 0 spiro atoms. The Labute approximate surface area is 118 Å². The van der Waals surface area contributed by atoms with Gasteiger partial charge in [0.05, 0.1) is 0 Å². The van der Waals surface area contributed by atoms with Gasteiger partial charge in [-0.15, -0.1) is 0 Å². The van der Waals surface area contributed by atoms with Crippen LogP contribution in [0.1, 0.15) is 26.1 Å². The van der Waals surface area contributed by atoms with Gasteiger partial charge in [-0.2, -0.15) is 0 Å². The maximum atomic E-state index is 12.3. The zero-order valence-electron chi connectivity index (χ0n) is 12.1. The summed E-state index contributed by atoms with van der Waals surface area (Å²) in [5, 5.41) is 8.06. The van der Waals surface area contributed by atoms with E-state index in [1.54, 1.807) is 20.0 Å². The second-order valence-electron chi connectivity index (χ2n) is 5.53. The first-order chi connectivity index (χ1) is 9.42. The van der Waals surface area contributed by atoms with E-state index in [1.165, 1.54) is 7.05 Å². The van der Waals surface area contributed by atoms with Crippen molar-refractivity contribution in [3.8, 4) is 0 Å². The van der Waals surface area contributed by atoms with Crippen LogP contribution in [0, 0.1) is 0 Å². The van der Waals surface area contributed by atoms with E-state index in [-0.39, 0.29) is 18.0 Å². The number of fused-ring (bicyclic) bond motifs is 1. The van der Waals surface area contributed by atoms with Crippen molar-refractivity contribution in [2.75, 3.05) is 7.05 Å². The number of imidazole rings is 1. The van der Waals surface area contributed by atoms with Gasteiger partial charge in [0.15, 0.2) is 0 Å². The van der Waals surface area contributed by atoms with Crippen LogP contribution in [-0.2, 0) is 17.8 Å². The lowest BCUT2D eigenvalue weighted by Crippen LogP contribution is -2.59. The fraction of sp³-hybridized carbons (Fsp3) is 0.615. The fourth-order valence-corrected chi connectivity index (χ4v) is 2.25. The second kappa shape index (κ2) is 5.52. The predicted octanol–water partition coefficient (Wildman–Crippen LogP) is 0.0217. The smallest absolute Gasteiger partial charge is 0.315 e. The number of hydrogen-bond donors (Lipinski definition) is 3. The summed E-state index contributed by atoms with van der Waals surface area (Å²) < 4.78 is 2.05. The van der Waals surface area contributed by atoms with Crippen LogP contribution in [0.4, 0.5) is 4.79 Å². The lowest BCUT2D eigenvalue weighted by Gasteiger charge is -2.30. The molecule has 0 saturated heterocycles. The summed E-state index contributed by atoms with van der Waals surface area (Å²) >= 11 is 0. The lowest BCUT2D eigenvalue weighted by molar-refractivity contribution is -0.127. The first-order valence-electron chi connectivity index (χ1n) is 6.73. The van der Waals surface area contributed by atoms with Gasteiger partial charge < -0.3 is 20.5 Å². The fourth-order valence-electron chi connectivity index (χ4n) is 2.25. The van der Waals surface area contributed by atoms with Crippen LogP contribution in [0.5, 0.6) is 0 Å². The number of hydrogen-bond acceptors (Lipinski definition) is 3. The van der Waals surface area contributed by atoms with Crippen molar-refractivity contribution in [1.29, 1.82) is 0 Å². The Hall–Kier alpha value is -2.05. The van der Waals surface area contributed by atoms with Gasteiger partial charge in [-0.05, 0) is 20.3 Å². The molecule has 1 aromatic heterocycles. The topological polar surface area (TPSA) is 88.1 Å². The third-order valence-corrected chi connectivity index (χ3v) is 3.49. The number of rotatable bonds is 3. The number of carbonyl (C=O) groups excluding carboxylic acids is 2. The first-order valence-corrected chi connectivity index (χ1v) is 6.73. The summed E-state index contributed by atoms with van der Waals surface area (Å²) in [6.07, 6.45) is 5.40. The Bertz CT molecular complexity index is 509. The van der Waals surface area contributed by atoms with Crippen molar-refractivity contribution in [3.63, 3.8) is 0 Å². The van der Waals surface area contributed by atoms with Crippen LogP contribution in [0.3, 0.4) is 0 Å². The lowest BCUT2D eigenvalue weighted by atomic mass is 10.0. The molecule has 110 valence electrons. The summed E-state index contributed by atoms with van der Waals surface area (Å²) in [5.41, 5.74) is -0.949. The predicted molar refractivity (Wildman–Crippen MR) is 74.1 cm³/mol. The van der Waals surface area contributed by atoms with Gasteiger partial charge in [-0.25, -0.2) is 9.78 Å². The van der Waals surface area contributed by atoms with Crippen LogP contribution in [-0.4, -0.2) is 40.1 Å². The molecule has 2 rings (SSSR count). The van der Waals surface area contributed by atoms with Gasteiger partial charge in [0.25, 0.3) is 0 Å². The van der Waals surface area contributed by atoms with Crippen LogP contribution < -0.4 is 16.0 Å². The van der Waals surface area contributed by atoms with E-state index in [9.17, 15) is 9.59 Å². The van der Waals surface area contributed by atoms with Crippen LogP contribution in [0.25, 0.3) is 0 Å². The van der Waals surface area contributed by atoms with E-state index in [2.05, 4.69) is 20.9 Å². The van der Waals surface area contributed by atoms with Gasteiger partial charge in [0.1, 0.15) is 11.4 Å². The summed E-state index contributed by atoms with van der Waals surface area (Å²) in [6, 6.07) is -0.305. The highest BCUT2D eigenvalue weighted by atomic mass is 16.2. The Morgan fingerprint density at radius 2 is 2.20 bits per heavy atom. The van der Waals surface area contributed by atoms with Crippen molar-refractivity contribution in [1.82, 2.24) is 25.5 Å². The minimum Gasteiger partial charge on any atom is -0.350 e. The number of amides is 3. The van der Waals surface area contributed by atoms with Crippen molar-refractivity contribution >= 4 is 11.9 Å². The average Bonchev–Trinajstić information content (AvgIpc) is 2.85. The monoisotopic (exact) mass is 279 g/mol. The molecule has 3 N–H and O–H groups in total. The van der Waals surface area contributed by atoms with Gasteiger partial charge in [0.2, 0.25) is 5.91 Å². The van der Waals surface area contributed by atoms with E-state index in [0.717, 1.165) is 25.2 Å². The molecule has 7 nitrogen and oxygen atoms in total. The Kier molecular flexibility index (Phi) is 3.96. The third-order valence-electron chi connectivity index (χ3n) is 3.49. The van der Waals surface area contributed by atoms with Crippen molar-refractivity contribution in [2.24, 2.45) is 0 Å². The molecule has 0 aliphatic carbocycles. The molecule has 0 aromatic carbocycles. The number of nitrogens with one attached hydrogen (secondary N) is 3. The van der Waals surface area contributed by atoms with E-state index < -0.39 is 5.54 Å². The molecule has 0 bridgehead atoms. The highest BCUT2D eigenvalue weighted by Crippen LogP contribution is 2.14. The maximum absolute atomic E-state index is 12.3. The van der Waals surface area contributed by atoms with Crippen molar-refractivity contribution in [3.05, 3.63) is 18.2 Å². The van der Waals surface area contributed by atoms with Gasteiger partial charge in [-0.1, -0.05) is 0 Å². The number of aryl methyl sites for hydroxylation is 1. The summed E-state index contributed by atoms with van der Waals surface area (Å²) in [4.78, 5) is 27.8. The number of carbonyl (C=O) groups is 2. The quantitative estimate of drug-likeness (QED) is 0.729. The van der Waals surface area contributed by atoms with Gasteiger partial charge in [0, 0.05) is 38.4 Å². The molecule has 3 amide bonds. The van der Waals surface area contributed by atoms with Crippen LogP contribution >= 0.6 is 0 Å². The maximum Gasteiger partial charge on any atom is 0.315 e. The molecule has 1 aliphatic heterocycles. The van der Waals surface area contributed by atoms with Crippen LogP contribution in [0.15, 0.2) is 12.4 Å². The van der Waals surface area contributed by atoms with Crippen LogP contribution in [0.2, 0.25) is 0 Å². The zero-order chi connectivity index (χ0) is 14.8. The normalized spacial score (nSPS) is 18.1. The molecular formula is C13H21N5O2. The van der Waals surface area contributed by atoms with Gasteiger partial charge in [-0.3, -0.25) is 4.79 Å². The molecular weight excluding hydrogens is 258 g/mol. The largest absolute Gasteiger partial charge is 0.350 e. The minimum absolute atomic E-state index is 0.0648. The molecule has 7 heteroatoms. The Morgan fingerprint density at radius 3 is 2.90 bits per heavy atom. The number of urea groups is 1. The average molecular weight is 279 g/mol. The van der Waals surface area contributed by atoms with Crippen molar-refractivity contribution in [2.45, 2.75) is 44.8 Å². The molecule has 1 aromatic rings. The summed E-state index contributed by atoms with van der Waals surface area (Å²) in [6.45, 7) is 4.09. The molecule has 2 heterocycles. The van der Waals surface area contributed by atoms with E-state index >= 15 is 0 Å². The molecule has 0 unspecified atom stereocenters. The summed E-state index contributed by atoms with van der Waals surface area (Å²) in [7, 11) is 1.52. The third kappa shape index (κ3) is 3.09. The number of aromatic nitrogens is 2.